The van der Waals surface area contributed by atoms with E-state index in [-0.39, 0.29) is 0 Å². The van der Waals surface area contributed by atoms with Gasteiger partial charge in [0.2, 0.25) is 0 Å². The molecule has 1 atom stereocenters. The number of nitriles is 1. The van der Waals surface area contributed by atoms with E-state index in [1.54, 1.807) is 18.5 Å². The Morgan fingerprint density at radius 1 is 1.59 bits per heavy atom. The van der Waals surface area contributed by atoms with Gasteiger partial charge in [0.15, 0.2) is 0 Å². The number of piperidine rings is 1. The molecule has 0 bridgehead atoms. The SMILES string of the molecule is CN1CCCCC1CNc1cnccc1C#N. The fourth-order valence-electron chi connectivity index (χ4n) is 2.26. The molecule has 1 saturated heterocycles. The summed E-state index contributed by atoms with van der Waals surface area (Å²) >= 11 is 0. The number of pyridine rings is 1. The smallest absolute Gasteiger partial charge is 0.101 e. The van der Waals surface area contributed by atoms with Gasteiger partial charge in [-0.15, -0.1) is 0 Å². The van der Waals surface area contributed by atoms with Crippen LogP contribution in [0.5, 0.6) is 0 Å². The van der Waals surface area contributed by atoms with E-state index in [2.05, 4.69) is 28.3 Å². The van der Waals surface area contributed by atoms with Crippen molar-refractivity contribution in [3.63, 3.8) is 0 Å². The van der Waals surface area contributed by atoms with Crippen molar-refractivity contribution in [1.82, 2.24) is 9.88 Å². The summed E-state index contributed by atoms with van der Waals surface area (Å²) < 4.78 is 0. The van der Waals surface area contributed by atoms with Crippen molar-refractivity contribution in [3.8, 4) is 6.07 Å². The number of nitrogens with one attached hydrogen (secondary N) is 1. The second kappa shape index (κ2) is 5.65. The summed E-state index contributed by atoms with van der Waals surface area (Å²) in [6.45, 7) is 2.06. The first kappa shape index (κ1) is 11.9. The van der Waals surface area contributed by atoms with Crippen molar-refractivity contribution >= 4 is 5.69 Å². The lowest BCUT2D eigenvalue weighted by molar-refractivity contribution is 0.194. The molecule has 90 valence electrons. The molecule has 0 amide bonds. The first-order chi connectivity index (χ1) is 8.31. The van der Waals surface area contributed by atoms with Crippen LogP contribution in [0, 0.1) is 11.3 Å². The van der Waals surface area contributed by atoms with Gasteiger partial charge in [0.05, 0.1) is 17.4 Å². The van der Waals surface area contributed by atoms with Gasteiger partial charge in [0.1, 0.15) is 6.07 Å². The molecule has 2 rings (SSSR count). The largest absolute Gasteiger partial charge is 0.381 e. The van der Waals surface area contributed by atoms with Gasteiger partial charge in [-0.25, -0.2) is 0 Å². The minimum absolute atomic E-state index is 0.565. The highest BCUT2D eigenvalue weighted by Crippen LogP contribution is 2.17. The Morgan fingerprint density at radius 2 is 2.47 bits per heavy atom. The van der Waals surface area contributed by atoms with E-state index in [9.17, 15) is 0 Å². The highest BCUT2D eigenvalue weighted by atomic mass is 15.2. The van der Waals surface area contributed by atoms with Crippen molar-refractivity contribution in [2.75, 3.05) is 25.5 Å². The number of hydrogen-bond acceptors (Lipinski definition) is 4. The zero-order valence-electron chi connectivity index (χ0n) is 10.2. The summed E-state index contributed by atoms with van der Waals surface area (Å²) in [5, 5.41) is 12.3. The van der Waals surface area contributed by atoms with E-state index in [1.165, 1.54) is 25.8 Å². The van der Waals surface area contributed by atoms with Crippen LogP contribution in [-0.2, 0) is 0 Å². The Labute approximate surface area is 102 Å². The third kappa shape index (κ3) is 2.95. The van der Waals surface area contributed by atoms with Crippen molar-refractivity contribution in [1.29, 1.82) is 5.26 Å². The second-order valence-electron chi connectivity index (χ2n) is 4.54. The van der Waals surface area contributed by atoms with E-state index in [0.29, 0.717) is 11.6 Å². The molecule has 4 nitrogen and oxygen atoms in total. The van der Waals surface area contributed by atoms with Gasteiger partial charge < -0.3 is 10.2 Å². The van der Waals surface area contributed by atoms with Gasteiger partial charge in [-0.1, -0.05) is 6.42 Å². The van der Waals surface area contributed by atoms with Gasteiger partial charge in [0.25, 0.3) is 0 Å². The Morgan fingerprint density at radius 3 is 3.24 bits per heavy atom. The summed E-state index contributed by atoms with van der Waals surface area (Å²) in [5.74, 6) is 0. The summed E-state index contributed by atoms with van der Waals surface area (Å²) in [6.07, 6.45) is 7.20. The minimum Gasteiger partial charge on any atom is -0.381 e. The zero-order chi connectivity index (χ0) is 12.1. The van der Waals surface area contributed by atoms with E-state index >= 15 is 0 Å². The van der Waals surface area contributed by atoms with Crippen LogP contribution >= 0.6 is 0 Å². The first-order valence-corrected chi connectivity index (χ1v) is 6.09. The van der Waals surface area contributed by atoms with Gasteiger partial charge in [-0.05, 0) is 32.5 Å². The lowest BCUT2D eigenvalue weighted by Crippen LogP contribution is -2.40. The van der Waals surface area contributed by atoms with Crippen molar-refractivity contribution in [3.05, 3.63) is 24.0 Å². The highest BCUT2D eigenvalue weighted by molar-refractivity contribution is 5.55. The van der Waals surface area contributed by atoms with Crippen LogP contribution in [0.25, 0.3) is 0 Å². The van der Waals surface area contributed by atoms with Gasteiger partial charge >= 0.3 is 0 Å². The molecule has 0 radical (unpaired) electrons. The van der Waals surface area contributed by atoms with Crippen molar-refractivity contribution < 1.29 is 0 Å². The van der Waals surface area contributed by atoms with Crippen LogP contribution in [0.3, 0.4) is 0 Å². The minimum atomic E-state index is 0.565. The molecule has 0 spiro atoms. The average Bonchev–Trinajstić information content (AvgIpc) is 2.38. The van der Waals surface area contributed by atoms with Crippen LogP contribution in [0.4, 0.5) is 5.69 Å². The molecule has 1 unspecified atom stereocenters. The van der Waals surface area contributed by atoms with Crippen LogP contribution < -0.4 is 5.32 Å². The fourth-order valence-corrected chi connectivity index (χ4v) is 2.26. The highest BCUT2D eigenvalue weighted by Gasteiger charge is 2.18. The number of hydrogen-bond donors (Lipinski definition) is 1. The van der Waals surface area contributed by atoms with Crippen LogP contribution in [0.15, 0.2) is 18.5 Å². The van der Waals surface area contributed by atoms with Crippen LogP contribution in [0.2, 0.25) is 0 Å². The summed E-state index contributed by atoms with van der Waals surface area (Å²) in [5.41, 5.74) is 1.51. The molecule has 2 heterocycles. The normalized spacial score (nSPS) is 20.8. The molecule has 0 aromatic carbocycles. The third-order valence-corrected chi connectivity index (χ3v) is 3.39. The standard InChI is InChI=1S/C13H18N4/c1-17-7-3-2-4-12(17)9-16-13-10-15-6-5-11(13)8-14/h5-6,10,12,16H,2-4,7,9H2,1H3. The predicted molar refractivity (Wildman–Crippen MR) is 67.7 cm³/mol. The van der Waals surface area contributed by atoms with E-state index in [4.69, 9.17) is 5.26 Å². The zero-order valence-corrected chi connectivity index (χ0v) is 10.2. The fraction of sp³-hybridized carbons (Fsp3) is 0.538. The van der Waals surface area contributed by atoms with Crippen molar-refractivity contribution in [2.45, 2.75) is 25.3 Å². The Kier molecular flexibility index (Phi) is 3.94. The average molecular weight is 230 g/mol. The molecular formula is C13H18N4. The maximum absolute atomic E-state index is 8.98. The Hall–Kier alpha value is -1.60. The molecule has 1 N–H and O–H groups in total. The molecule has 1 aliphatic rings. The van der Waals surface area contributed by atoms with Gasteiger partial charge in [-0.2, -0.15) is 5.26 Å². The number of likely N-dealkylation sites (N-methyl/N-ethyl adjacent to an activating group) is 1. The van der Waals surface area contributed by atoms with Crippen molar-refractivity contribution in [2.24, 2.45) is 0 Å². The Balaban J connectivity index is 1.95. The first-order valence-electron chi connectivity index (χ1n) is 6.09. The quantitative estimate of drug-likeness (QED) is 0.861. The molecule has 1 fully saturated rings. The summed E-state index contributed by atoms with van der Waals surface area (Å²) in [6, 6.07) is 4.49. The molecule has 1 aromatic heterocycles. The lowest BCUT2D eigenvalue weighted by Gasteiger charge is -2.32. The number of anilines is 1. The molecule has 4 heteroatoms. The molecule has 1 aromatic rings. The van der Waals surface area contributed by atoms with Gasteiger partial charge in [-0.3, -0.25) is 4.98 Å². The van der Waals surface area contributed by atoms with Crippen LogP contribution in [0.1, 0.15) is 24.8 Å². The lowest BCUT2D eigenvalue weighted by atomic mass is 10.0. The summed E-state index contributed by atoms with van der Waals surface area (Å²) in [4.78, 5) is 6.44. The number of aromatic nitrogens is 1. The van der Waals surface area contributed by atoms with E-state index in [1.807, 2.05) is 0 Å². The molecular weight excluding hydrogens is 212 g/mol. The third-order valence-electron chi connectivity index (χ3n) is 3.39. The Bertz CT molecular complexity index is 410. The van der Waals surface area contributed by atoms with E-state index < -0.39 is 0 Å². The molecule has 0 saturated carbocycles. The molecule has 0 aliphatic carbocycles. The topological polar surface area (TPSA) is 52.0 Å². The van der Waals surface area contributed by atoms with Crippen LogP contribution in [-0.4, -0.2) is 36.1 Å². The number of nitrogens with zero attached hydrogens (tertiary/aromatic N) is 3. The predicted octanol–water partition coefficient (Wildman–Crippen LogP) is 1.85. The maximum atomic E-state index is 8.98. The van der Waals surface area contributed by atoms with Gasteiger partial charge in [0, 0.05) is 18.8 Å². The number of rotatable bonds is 3. The molecule has 1 aliphatic heterocycles. The molecule has 17 heavy (non-hydrogen) atoms. The van der Waals surface area contributed by atoms with E-state index in [0.717, 1.165) is 12.2 Å². The monoisotopic (exact) mass is 230 g/mol. The maximum Gasteiger partial charge on any atom is 0.101 e. The number of likely N-dealkylation sites (tertiary alicyclic amines) is 1. The summed E-state index contributed by atoms with van der Waals surface area (Å²) in [7, 11) is 2.17. The second-order valence-corrected chi connectivity index (χ2v) is 4.54.